The lowest BCUT2D eigenvalue weighted by molar-refractivity contribution is 0.0342. The van der Waals surface area contributed by atoms with E-state index in [9.17, 15) is 0 Å². The zero-order chi connectivity index (χ0) is 14.8. The van der Waals surface area contributed by atoms with E-state index in [0.717, 1.165) is 39.4 Å². The number of morpholine rings is 1. The number of hydrogen-bond donors (Lipinski definition) is 1. The summed E-state index contributed by atoms with van der Waals surface area (Å²) >= 11 is 0. The minimum Gasteiger partial charge on any atom is -0.385 e. The Labute approximate surface area is 129 Å². The van der Waals surface area contributed by atoms with Crippen LogP contribution >= 0.6 is 0 Å². The van der Waals surface area contributed by atoms with Crippen molar-refractivity contribution in [3.05, 3.63) is 29.8 Å². The van der Waals surface area contributed by atoms with Crippen molar-refractivity contribution < 1.29 is 4.74 Å². The molecule has 0 saturated carbocycles. The smallest absolute Gasteiger partial charge is 0.0594 e. The minimum absolute atomic E-state index is 0.873. The van der Waals surface area contributed by atoms with Crippen molar-refractivity contribution in [3.63, 3.8) is 0 Å². The van der Waals surface area contributed by atoms with Crippen LogP contribution in [0.4, 0.5) is 5.69 Å². The third-order valence-corrected chi connectivity index (χ3v) is 4.07. The van der Waals surface area contributed by atoms with Gasteiger partial charge >= 0.3 is 0 Å². The highest BCUT2D eigenvalue weighted by atomic mass is 16.5. The second-order valence-electron chi connectivity index (χ2n) is 5.93. The first-order valence-corrected chi connectivity index (χ1v) is 8.51. The average Bonchev–Trinajstić information content (AvgIpc) is 2.53. The third-order valence-electron chi connectivity index (χ3n) is 4.07. The van der Waals surface area contributed by atoms with E-state index < -0.39 is 0 Å². The number of benzene rings is 1. The number of ether oxygens (including phenoxy) is 1. The molecule has 1 aliphatic heterocycles. The highest BCUT2D eigenvalue weighted by Crippen LogP contribution is 2.13. The van der Waals surface area contributed by atoms with Gasteiger partial charge in [0.25, 0.3) is 0 Å². The van der Waals surface area contributed by atoms with Gasteiger partial charge in [-0.2, -0.15) is 0 Å². The number of anilines is 1. The molecule has 0 amide bonds. The molecule has 1 heterocycles. The van der Waals surface area contributed by atoms with Crippen molar-refractivity contribution in [2.24, 2.45) is 0 Å². The monoisotopic (exact) mass is 290 g/mol. The number of nitrogens with zero attached hydrogens (tertiary/aromatic N) is 1. The molecule has 118 valence electrons. The highest BCUT2D eigenvalue weighted by molar-refractivity contribution is 5.44. The molecule has 0 aliphatic carbocycles. The van der Waals surface area contributed by atoms with Crippen molar-refractivity contribution in [3.8, 4) is 0 Å². The Kier molecular flexibility index (Phi) is 7.61. The Morgan fingerprint density at radius 3 is 2.43 bits per heavy atom. The lowest BCUT2D eigenvalue weighted by Gasteiger charge is -2.26. The number of rotatable bonds is 9. The van der Waals surface area contributed by atoms with Crippen LogP contribution in [0.25, 0.3) is 0 Å². The molecule has 0 atom stereocenters. The molecule has 3 heteroatoms. The summed E-state index contributed by atoms with van der Waals surface area (Å²) in [6.07, 6.45) is 6.68. The summed E-state index contributed by atoms with van der Waals surface area (Å²) in [4.78, 5) is 2.46. The molecule has 1 aliphatic rings. The van der Waals surface area contributed by atoms with Crippen LogP contribution in [0.3, 0.4) is 0 Å². The summed E-state index contributed by atoms with van der Waals surface area (Å²) in [5.74, 6) is 0. The van der Waals surface area contributed by atoms with Crippen LogP contribution in [-0.4, -0.2) is 37.7 Å². The molecule has 0 aromatic heterocycles. The summed E-state index contributed by atoms with van der Waals surface area (Å²) in [6.45, 7) is 8.24. The number of hydrogen-bond acceptors (Lipinski definition) is 3. The predicted molar refractivity (Wildman–Crippen MR) is 89.8 cm³/mol. The average molecular weight is 290 g/mol. The van der Waals surface area contributed by atoms with E-state index in [0.29, 0.717) is 0 Å². The van der Waals surface area contributed by atoms with E-state index in [-0.39, 0.29) is 0 Å². The second kappa shape index (κ2) is 9.80. The number of nitrogens with one attached hydrogen (secondary N) is 1. The van der Waals surface area contributed by atoms with Gasteiger partial charge in [0.15, 0.2) is 0 Å². The molecule has 0 unspecified atom stereocenters. The zero-order valence-electron chi connectivity index (χ0n) is 13.4. The summed E-state index contributed by atoms with van der Waals surface area (Å²) < 4.78 is 5.38. The number of unbranched alkanes of at least 4 members (excludes halogenated alkanes) is 4. The third kappa shape index (κ3) is 6.49. The normalized spacial score (nSPS) is 16.0. The van der Waals surface area contributed by atoms with Crippen LogP contribution in [0, 0.1) is 0 Å². The fourth-order valence-corrected chi connectivity index (χ4v) is 2.71. The van der Waals surface area contributed by atoms with E-state index in [2.05, 4.69) is 41.4 Å². The fourth-order valence-electron chi connectivity index (χ4n) is 2.71. The van der Waals surface area contributed by atoms with Crippen LogP contribution in [0.5, 0.6) is 0 Å². The molecule has 21 heavy (non-hydrogen) atoms. The van der Waals surface area contributed by atoms with E-state index in [1.165, 1.54) is 43.4 Å². The molecule has 1 aromatic carbocycles. The molecular weight excluding hydrogens is 260 g/mol. The summed E-state index contributed by atoms with van der Waals surface area (Å²) in [5.41, 5.74) is 2.64. The topological polar surface area (TPSA) is 24.5 Å². The van der Waals surface area contributed by atoms with Gasteiger partial charge in [0.1, 0.15) is 0 Å². The molecule has 0 spiro atoms. The van der Waals surface area contributed by atoms with E-state index in [4.69, 9.17) is 4.74 Å². The first kappa shape index (κ1) is 16.3. The van der Waals surface area contributed by atoms with Gasteiger partial charge < -0.3 is 10.1 Å². The Morgan fingerprint density at radius 2 is 1.71 bits per heavy atom. The molecule has 1 N–H and O–H groups in total. The van der Waals surface area contributed by atoms with Gasteiger partial charge in [0.05, 0.1) is 13.2 Å². The van der Waals surface area contributed by atoms with Crippen LogP contribution in [0.1, 0.15) is 44.6 Å². The van der Waals surface area contributed by atoms with E-state index in [1.807, 2.05) is 0 Å². The van der Waals surface area contributed by atoms with Gasteiger partial charge in [0.2, 0.25) is 0 Å². The first-order chi connectivity index (χ1) is 10.4. The molecular formula is C18H30N2O. The molecule has 1 saturated heterocycles. The fraction of sp³-hybridized carbons (Fsp3) is 0.667. The lowest BCUT2D eigenvalue weighted by atomic mass is 10.1. The first-order valence-electron chi connectivity index (χ1n) is 8.51. The van der Waals surface area contributed by atoms with Gasteiger partial charge in [-0.25, -0.2) is 0 Å². The van der Waals surface area contributed by atoms with Crippen molar-refractivity contribution in [1.29, 1.82) is 0 Å². The SMILES string of the molecule is CCCCCCCNc1ccc(CN2CCOCC2)cc1. The molecule has 0 bridgehead atoms. The Morgan fingerprint density at radius 1 is 1.00 bits per heavy atom. The Balaban J connectivity index is 1.64. The highest BCUT2D eigenvalue weighted by Gasteiger charge is 2.10. The van der Waals surface area contributed by atoms with Crippen molar-refractivity contribution in [2.45, 2.75) is 45.6 Å². The van der Waals surface area contributed by atoms with Crippen LogP contribution in [-0.2, 0) is 11.3 Å². The van der Waals surface area contributed by atoms with Gasteiger partial charge in [-0.1, -0.05) is 44.7 Å². The molecule has 0 radical (unpaired) electrons. The molecule has 3 nitrogen and oxygen atoms in total. The van der Waals surface area contributed by atoms with E-state index >= 15 is 0 Å². The molecule has 1 aromatic rings. The minimum atomic E-state index is 0.873. The Hall–Kier alpha value is -1.06. The maximum atomic E-state index is 5.38. The van der Waals surface area contributed by atoms with Gasteiger partial charge in [-0.05, 0) is 24.1 Å². The Bertz CT molecular complexity index is 371. The van der Waals surface area contributed by atoms with E-state index in [1.54, 1.807) is 0 Å². The second-order valence-corrected chi connectivity index (χ2v) is 5.93. The summed E-state index contributed by atoms with van der Waals surface area (Å²) in [7, 11) is 0. The summed E-state index contributed by atoms with van der Waals surface area (Å²) in [6, 6.07) is 8.91. The standard InChI is InChI=1S/C18H30N2O/c1-2-3-4-5-6-11-19-18-9-7-17(8-10-18)16-20-12-14-21-15-13-20/h7-10,19H,2-6,11-16H2,1H3. The van der Waals surface area contributed by atoms with Crippen molar-refractivity contribution in [2.75, 3.05) is 38.2 Å². The van der Waals surface area contributed by atoms with Crippen LogP contribution < -0.4 is 5.32 Å². The predicted octanol–water partition coefficient (Wildman–Crippen LogP) is 3.90. The van der Waals surface area contributed by atoms with Crippen LogP contribution in [0.2, 0.25) is 0 Å². The van der Waals surface area contributed by atoms with Crippen molar-refractivity contribution in [1.82, 2.24) is 4.90 Å². The summed E-state index contributed by atoms with van der Waals surface area (Å²) in [5, 5.41) is 3.52. The molecule has 1 fully saturated rings. The van der Waals surface area contributed by atoms with Crippen molar-refractivity contribution >= 4 is 5.69 Å². The zero-order valence-corrected chi connectivity index (χ0v) is 13.4. The van der Waals surface area contributed by atoms with Gasteiger partial charge in [0, 0.05) is 31.9 Å². The maximum Gasteiger partial charge on any atom is 0.0594 e. The van der Waals surface area contributed by atoms with Gasteiger partial charge in [-0.3, -0.25) is 4.90 Å². The molecule has 2 rings (SSSR count). The van der Waals surface area contributed by atoms with Gasteiger partial charge in [-0.15, -0.1) is 0 Å². The van der Waals surface area contributed by atoms with Crippen LogP contribution in [0.15, 0.2) is 24.3 Å². The maximum absolute atomic E-state index is 5.38. The quantitative estimate of drug-likeness (QED) is 0.698. The largest absolute Gasteiger partial charge is 0.385 e. The lowest BCUT2D eigenvalue weighted by Crippen LogP contribution is -2.35.